The summed E-state index contributed by atoms with van der Waals surface area (Å²) in [5.74, 6) is -0.721. The van der Waals surface area contributed by atoms with Crippen molar-refractivity contribution in [2.24, 2.45) is 0 Å². The normalized spacial score (nSPS) is 12.9. The minimum atomic E-state index is -1.05. The van der Waals surface area contributed by atoms with Gasteiger partial charge in [0.25, 0.3) is 0 Å². The lowest BCUT2D eigenvalue weighted by molar-refractivity contribution is 0.0697. The van der Waals surface area contributed by atoms with Crippen LogP contribution in [0.3, 0.4) is 0 Å². The summed E-state index contributed by atoms with van der Waals surface area (Å²) in [7, 11) is 0. The lowest BCUT2D eigenvalue weighted by atomic mass is 9.97. The van der Waals surface area contributed by atoms with Crippen molar-refractivity contribution < 1.29 is 19.4 Å². The molecule has 1 aliphatic rings. The van der Waals surface area contributed by atoms with Crippen LogP contribution < -0.4 is 4.74 Å². The molecule has 0 saturated carbocycles. The molecule has 0 bridgehead atoms. The van der Waals surface area contributed by atoms with Gasteiger partial charge in [0, 0.05) is 11.1 Å². The molecule has 0 unspecified atom stereocenters. The van der Waals surface area contributed by atoms with Gasteiger partial charge in [0.15, 0.2) is 5.78 Å². The summed E-state index contributed by atoms with van der Waals surface area (Å²) >= 11 is 0. The van der Waals surface area contributed by atoms with Gasteiger partial charge in [-0.1, -0.05) is 18.2 Å². The Bertz CT molecular complexity index is 688. The van der Waals surface area contributed by atoms with Crippen LogP contribution in [-0.2, 0) is 6.61 Å². The van der Waals surface area contributed by atoms with Gasteiger partial charge < -0.3 is 9.84 Å². The number of carboxylic acids is 1. The first kappa shape index (κ1) is 11.5. The minimum Gasteiger partial charge on any atom is -0.488 e. The van der Waals surface area contributed by atoms with Crippen molar-refractivity contribution in [2.45, 2.75) is 6.61 Å². The molecule has 0 spiro atoms. The minimum absolute atomic E-state index is 0.103. The largest absolute Gasteiger partial charge is 0.488 e. The quantitative estimate of drug-likeness (QED) is 0.849. The average molecular weight is 254 g/mol. The topological polar surface area (TPSA) is 63.6 Å². The summed E-state index contributed by atoms with van der Waals surface area (Å²) in [4.78, 5) is 23.4. The first-order valence-corrected chi connectivity index (χ1v) is 5.79. The molecule has 0 aliphatic carbocycles. The number of aromatic carboxylic acids is 1. The average Bonchev–Trinajstić information content (AvgIpc) is 2.57. The lowest BCUT2D eigenvalue weighted by Gasteiger charge is -2.05. The first-order valence-electron chi connectivity index (χ1n) is 5.79. The van der Waals surface area contributed by atoms with Crippen molar-refractivity contribution in [3.63, 3.8) is 0 Å². The molecule has 0 amide bonds. The van der Waals surface area contributed by atoms with E-state index >= 15 is 0 Å². The number of carbonyl (C=O) groups excluding carboxylic acids is 1. The fourth-order valence-corrected chi connectivity index (χ4v) is 2.13. The van der Waals surface area contributed by atoms with E-state index in [-0.39, 0.29) is 18.0 Å². The van der Waals surface area contributed by atoms with Crippen LogP contribution in [0.1, 0.15) is 31.8 Å². The van der Waals surface area contributed by atoms with Gasteiger partial charge in [-0.15, -0.1) is 0 Å². The zero-order valence-corrected chi connectivity index (χ0v) is 9.92. The highest BCUT2D eigenvalue weighted by atomic mass is 16.5. The Hall–Kier alpha value is -2.62. The molecule has 2 aromatic rings. The Morgan fingerprint density at radius 3 is 2.68 bits per heavy atom. The van der Waals surface area contributed by atoms with Gasteiger partial charge in [0.2, 0.25) is 0 Å². The maximum atomic E-state index is 12.4. The second-order valence-electron chi connectivity index (χ2n) is 4.29. The van der Waals surface area contributed by atoms with E-state index in [9.17, 15) is 9.59 Å². The molecule has 0 fully saturated rings. The van der Waals surface area contributed by atoms with Gasteiger partial charge in [0.05, 0.1) is 11.1 Å². The van der Waals surface area contributed by atoms with E-state index in [1.54, 1.807) is 30.3 Å². The third-order valence-electron chi connectivity index (χ3n) is 3.12. The molecule has 2 aromatic carbocycles. The van der Waals surface area contributed by atoms with Crippen LogP contribution >= 0.6 is 0 Å². The molecule has 1 N–H and O–H groups in total. The number of benzene rings is 2. The van der Waals surface area contributed by atoms with Crippen LogP contribution in [0.2, 0.25) is 0 Å². The number of carboxylic acid groups (broad SMARTS) is 1. The molecule has 4 heteroatoms. The Labute approximate surface area is 109 Å². The van der Waals surface area contributed by atoms with Crippen molar-refractivity contribution in [3.8, 4) is 5.75 Å². The smallest absolute Gasteiger partial charge is 0.335 e. The van der Waals surface area contributed by atoms with Crippen molar-refractivity contribution in [1.29, 1.82) is 0 Å². The van der Waals surface area contributed by atoms with E-state index < -0.39 is 5.97 Å². The lowest BCUT2D eigenvalue weighted by Crippen LogP contribution is -2.06. The van der Waals surface area contributed by atoms with E-state index in [0.717, 1.165) is 0 Å². The molecule has 0 saturated heterocycles. The van der Waals surface area contributed by atoms with E-state index in [2.05, 4.69) is 0 Å². The third-order valence-corrected chi connectivity index (χ3v) is 3.12. The Morgan fingerprint density at radius 2 is 1.89 bits per heavy atom. The number of rotatable bonds is 1. The second-order valence-corrected chi connectivity index (χ2v) is 4.29. The number of hydrogen-bond donors (Lipinski definition) is 1. The summed E-state index contributed by atoms with van der Waals surface area (Å²) in [6.07, 6.45) is 0. The van der Waals surface area contributed by atoms with Crippen LogP contribution in [0.15, 0.2) is 42.5 Å². The second kappa shape index (κ2) is 4.24. The van der Waals surface area contributed by atoms with Crippen LogP contribution in [0, 0.1) is 0 Å². The highest BCUT2D eigenvalue weighted by Gasteiger charge is 2.22. The predicted molar refractivity (Wildman–Crippen MR) is 67.6 cm³/mol. The van der Waals surface area contributed by atoms with Crippen molar-refractivity contribution >= 4 is 11.8 Å². The van der Waals surface area contributed by atoms with Crippen molar-refractivity contribution in [3.05, 3.63) is 64.7 Å². The molecular weight excluding hydrogens is 244 g/mol. The predicted octanol–water partition coefficient (Wildman–Crippen LogP) is 2.51. The fourth-order valence-electron chi connectivity index (χ4n) is 2.13. The van der Waals surface area contributed by atoms with Crippen molar-refractivity contribution in [1.82, 2.24) is 0 Å². The highest BCUT2D eigenvalue weighted by molar-refractivity contribution is 6.12. The molecule has 4 nitrogen and oxygen atoms in total. The number of para-hydroxylation sites is 1. The number of ether oxygens (including phenoxy) is 1. The summed E-state index contributed by atoms with van der Waals surface area (Å²) in [6, 6.07) is 11.5. The maximum Gasteiger partial charge on any atom is 0.335 e. The molecular formula is C15H10O4. The number of carbonyl (C=O) groups is 2. The third kappa shape index (κ3) is 1.87. The Morgan fingerprint density at radius 1 is 1.11 bits per heavy atom. The summed E-state index contributed by atoms with van der Waals surface area (Å²) < 4.78 is 5.58. The van der Waals surface area contributed by atoms with Crippen molar-refractivity contribution in [2.75, 3.05) is 0 Å². The van der Waals surface area contributed by atoms with Crippen LogP contribution in [0.25, 0.3) is 0 Å². The molecule has 19 heavy (non-hydrogen) atoms. The Balaban J connectivity index is 2.18. The van der Waals surface area contributed by atoms with E-state index in [1.165, 1.54) is 12.1 Å². The van der Waals surface area contributed by atoms with E-state index in [4.69, 9.17) is 9.84 Å². The molecule has 0 aromatic heterocycles. The molecule has 94 valence electrons. The molecule has 0 radical (unpaired) electrons. The summed E-state index contributed by atoms with van der Waals surface area (Å²) in [5.41, 5.74) is 1.66. The van der Waals surface area contributed by atoms with Gasteiger partial charge >= 0.3 is 5.97 Å². The van der Waals surface area contributed by atoms with Gasteiger partial charge in [-0.05, 0) is 24.3 Å². The summed E-state index contributed by atoms with van der Waals surface area (Å²) in [6.45, 7) is 0.262. The van der Waals surface area contributed by atoms with Gasteiger partial charge in [-0.2, -0.15) is 0 Å². The maximum absolute atomic E-state index is 12.4. The highest BCUT2D eigenvalue weighted by Crippen LogP contribution is 2.28. The molecule has 1 aliphatic heterocycles. The number of hydrogen-bond acceptors (Lipinski definition) is 3. The molecule has 0 atom stereocenters. The number of fused-ring (bicyclic) bond motifs is 2. The monoisotopic (exact) mass is 254 g/mol. The van der Waals surface area contributed by atoms with Gasteiger partial charge in [-0.25, -0.2) is 4.79 Å². The van der Waals surface area contributed by atoms with Gasteiger partial charge in [0.1, 0.15) is 12.4 Å². The number of ketones is 1. The van der Waals surface area contributed by atoms with E-state index in [1.807, 2.05) is 0 Å². The van der Waals surface area contributed by atoms with Crippen LogP contribution in [0.5, 0.6) is 5.75 Å². The first-order chi connectivity index (χ1) is 9.16. The van der Waals surface area contributed by atoms with Gasteiger partial charge in [-0.3, -0.25) is 4.79 Å². The zero-order chi connectivity index (χ0) is 13.4. The molecule has 1 heterocycles. The SMILES string of the molecule is O=C(O)c1ccc2c(c1)C(=O)c1ccccc1OC2. The van der Waals surface area contributed by atoms with Crippen LogP contribution in [0.4, 0.5) is 0 Å². The Kier molecular flexibility index (Phi) is 2.56. The molecule has 3 rings (SSSR count). The summed E-state index contributed by atoms with van der Waals surface area (Å²) in [5, 5.41) is 9.00. The van der Waals surface area contributed by atoms with E-state index in [0.29, 0.717) is 22.4 Å². The fraction of sp³-hybridized carbons (Fsp3) is 0.0667. The zero-order valence-electron chi connectivity index (χ0n) is 9.92. The standard InChI is InChI=1S/C15H10O4/c16-14-11-3-1-2-4-13(11)19-8-10-6-5-9(15(17)18)7-12(10)14/h1-7H,8H2,(H,17,18). The van der Waals surface area contributed by atoms with Crippen LogP contribution in [-0.4, -0.2) is 16.9 Å².